The molecule has 42 heavy (non-hydrogen) atoms. The van der Waals surface area contributed by atoms with Crippen molar-refractivity contribution in [3.05, 3.63) is 45.7 Å². The van der Waals surface area contributed by atoms with Crippen molar-refractivity contribution in [3.8, 4) is 0 Å². The Bertz CT molecular complexity index is 1420. The minimum Gasteiger partial charge on any atom is -0.393 e. The number of carbonyl (C=O) groups excluding carboxylic acids is 1. The predicted octanol–water partition coefficient (Wildman–Crippen LogP) is 5.60. The molecule has 0 aromatic carbocycles. The van der Waals surface area contributed by atoms with Crippen LogP contribution in [0.4, 0.5) is 0 Å². The van der Waals surface area contributed by atoms with Crippen LogP contribution >= 0.6 is 11.3 Å². The van der Waals surface area contributed by atoms with E-state index in [0.717, 1.165) is 98.8 Å². The SMILES string of the molecule is Cc1ccc(C(=O)C2=C[C@@]34C=C[C@@]25[C@@H]2CC[C@@](O)(CN6CCCN7CCCN=C76)[C@@]2(C)CC[C@@H]5[C@@]3(C)CCC(O)C4)s1. The number of aliphatic hydroxyl groups excluding tert-OH is 1. The summed E-state index contributed by atoms with van der Waals surface area (Å²) >= 11 is 1.60. The molecule has 2 aliphatic heterocycles. The number of aryl methyl sites for hydroxylation is 1. The largest absolute Gasteiger partial charge is 0.393 e. The van der Waals surface area contributed by atoms with Crippen LogP contribution in [0.3, 0.4) is 0 Å². The number of aliphatic hydroxyl groups is 2. The maximum atomic E-state index is 14.6. The molecular weight excluding hydrogens is 542 g/mol. The van der Waals surface area contributed by atoms with E-state index in [0.29, 0.717) is 18.9 Å². The number of fused-ring (bicyclic) bond motifs is 2. The second-order valence-corrected chi connectivity index (χ2v) is 16.6. The van der Waals surface area contributed by atoms with E-state index in [1.807, 2.05) is 6.07 Å². The molecule has 1 aromatic heterocycles. The van der Waals surface area contributed by atoms with E-state index >= 15 is 0 Å². The average molecular weight is 590 g/mol. The van der Waals surface area contributed by atoms with E-state index < -0.39 is 5.60 Å². The molecule has 1 unspecified atom stereocenters. The first-order valence-electron chi connectivity index (χ1n) is 16.6. The minimum atomic E-state index is -0.836. The first-order chi connectivity index (χ1) is 20.1. The highest BCUT2D eigenvalue weighted by molar-refractivity contribution is 7.14. The molecule has 3 heterocycles. The standard InChI is InChI=1S/C35H47N3O3S/c1-23-6-7-26(42-23)29(40)25-21-33-14-15-35(25)27(31(33,2)11-8-24(39)20-33)9-12-32(3)28(35)10-13-34(32,41)22-38-19-5-18-37-17-4-16-36-30(37)38/h6-7,14-15,21,24,27-28,39,41H,4-5,8-13,16-20,22H2,1-3H3/t24?,27-,28-,31-,32+,33+,34-,35-/m1/s1. The number of β-amino-alcohol motifs (C(OH)–C–C–N with tert-alkyl or cyclic N) is 1. The highest BCUT2D eigenvalue weighted by atomic mass is 32.1. The van der Waals surface area contributed by atoms with Gasteiger partial charge in [0.05, 0.1) is 23.1 Å². The van der Waals surface area contributed by atoms with Crippen LogP contribution in [-0.2, 0) is 0 Å². The van der Waals surface area contributed by atoms with Crippen molar-refractivity contribution in [2.24, 2.45) is 38.5 Å². The van der Waals surface area contributed by atoms with Crippen LogP contribution in [0.25, 0.3) is 0 Å². The number of nitrogens with zero attached hydrogens (tertiary/aromatic N) is 3. The quantitative estimate of drug-likeness (QED) is 0.353. The number of Topliss-reactive ketones (excluding diaryl/α,β-unsaturated/α-hetero) is 1. The lowest BCUT2D eigenvalue weighted by Crippen LogP contribution is -2.68. The van der Waals surface area contributed by atoms with E-state index in [1.54, 1.807) is 11.3 Å². The van der Waals surface area contributed by atoms with Gasteiger partial charge in [-0.1, -0.05) is 32.1 Å². The molecule has 2 N–H and O–H groups in total. The smallest absolute Gasteiger partial charge is 0.199 e. The summed E-state index contributed by atoms with van der Waals surface area (Å²) in [4.78, 5) is 26.3. The van der Waals surface area contributed by atoms with Gasteiger partial charge in [0, 0.05) is 52.9 Å². The van der Waals surface area contributed by atoms with Crippen LogP contribution in [-0.4, -0.2) is 76.2 Å². The average Bonchev–Trinajstić information content (AvgIpc) is 3.53. The fourth-order valence-corrected chi connectivity index (χ4v) is 12.3. The van der Waals surface area contributed by atoms with Crippen molar-refractivity contribution in [3.63, 3.8) is 0 Å². The number of aliphatic imine (C=N–C) groups is 1. The summed E-state index contributed by atoms with van der Waals surface area (Å²) in [5, 5.41) is 23.7. The van der Waals surface area contributed by atoms with Crippen molar-refractivity contribution in [1.82, 2.24) is 9.80 Å². The Hall–Kier alpha value is -1.96. The molecule has 1 aromatic rings. The molecule has 6 nitrogen and oxygen atoms in total. The lowest BCUT2D eigenvalue weighted by molar-refractivity contribution is -0.174. The van der Waals surface area contributed by atoms with Gasteiger partial charge in [-0.25, -0.2) is 0 Å². The summed E-state index contributed by atoms with van der Waals surface area (Å²) in [5.74, 6) is 1.79. The maximum absolute atomic E-state index is 14.6. The molecule has 4 fully saturated rings. The third-order valence-electron chi connectivity index (χ3n) is 13.6. The Labute approximate surface area is 254 Å². The van der Waals surface area contributed by atoms with Crippen molar-refractivity contribution in [2.75, 3.05) is 32.7 Å². The van der Waals surface area contributed by atoms with Crippen LogP contribution in [0.15, 0.2) is 40.9 Å². The lowest BCUT2D eigenvalue weighted by atomic mass is 9.32. The number of ketones is 1. The van der Waals surface area contributed by atoms with Gasteiger partial charge in [-0.3, -0.25) is 9.79 Å². The number of hydrogen-bond donors (Lipinski definition) is 2. The van der Waals surface area contributed by atoms with Crippen molar-refractivity contribution < 1.29 is 15.0 Å². The molecule has 8 atom stereocenters. The molecule has 226 valence electrons. The topological polar surface area (TPSA) is 76.4 Å². The number of guanidine groups is 1. The normalized spacial score (nSPS) is 45.5. The van der Waals surface area contributed by atoms with Crippen molar-refractivity contribution in [2.45, 2.75) is 90.3 Å². The monoisotopic (exact) mass is 589 g/mol. The Kier molecular flexibility index (Phi) is 5.94. The van der Waals surface area contributed by atoms with Crippen LogP contribution < -0.4 is 0 Å². The fourth-order valence-electron chi connectivity index (χ4n) is 11.5. The third-order valence-corrected chi connectivity index (χ3v) is 14.6. The van der Waals surface area contributed by atoms with Crippen molar-refractivity contribution >= 4 is 23.1 Å². The van der Waals surface area contributed by atoms with Crippen LogP contribution in [0.1, 0.15) is 86.2 Å². The lowest BCUT2D eigenvalue weighted by Gasteiger charge is -2.71. The summed E-state index contributed by atoms with van der Waals surface area (Å²) in [7, 11) is 0. The van der Waals surface area contributed by atoms with Gasteiger partial charge in [-0.15, -0.1) is 11.3 Å². The number of thiophene rings is 1. The molecule has 0 radical (unpaired) electrons. The summed E-state index contributed by atoms with van der Waals surface area (Å²) < 4.78 is 0. The number of carbonyl (C=O) groups is 1. The Morgan fingerprint density at radius 1 is 1.02 bits per heavy atom. The molecule has 9 rings (SSSR count). The molecule has 2 bridgehead atoms. The van der Waals surface area contributed by atoms with Crippen LogP contribution in [0.2, 0.25) is 0 Å². The zero-order valence-electron chi connectivity index (χ0n) is 25.6. The molecule has 7 heteroatoms. The molecule has 2 spiro atoms. The first-order valence-corrected chi connectivity index (χ1v) is 17.4. The second-order valence-electron chi connectivity index (χ2n) is 15.3. The van der Waals surface area contributed by atoms with Gasteiger partial charge >= 0.3 is 0 Å². The van der Waals surface area contributed by atoms with Gasteiger partial charge in [0.1, 0.15) is 0 Å². The van der Waals surface area contributed by atoms with Gasteiger partial charge < -0.3 is 20.0 Å². The molecule has 1 saturated heterocycles. The second kappa shape index (κ2) is 9.04. The molecule has 8 aliphatic rings. The highest BCUT2D eigenvalue weighted by Crippen LogP contribution is 2.78. The molecular formula is C35H47N3O3S. The zero-order valence-corrected chi connectivity index (χ0v) is 26.4. The van der Waals surface area contributed by atoms with E-state index in [9.17, 15) is 15.0 Å². The number of rotatable bonds is 4. The van der Waals surface area contributed by atoms with Gasteiger partial charge in [-0.05, 0) is 94.1 Å². The third kappa shape index (κ3) is 3.39. The highest BCUT2D eigenvalue weighted by Gasteiger charge is 2.74. The fraction of sp³-hybridized carbons (Fsp3) is 0.714. The van der Waals surface area contributed by atoms with E-state index in [4.69, 9.17) is 4.99 Å². The summed E-state index contributed by atoms with van der Waals surface area (Å²) in [6.07, 6.45) is 15.3. The van der Waals surface area contributed by atoms with Gasteiger partial charge in [0.25, 0.3) is 0 Å². The summed E-state index contributed by atoms with van der Waals surface area (Å²) in [6.45, 7) is 11.5. The Morgan fingerprint density at radius 3 is 2.60 bits per heavy atom. The number of allylic oxidation sites excluding steroid dienone is 4. The van der Waals surface area contributed by atoms with E-state index in [-0.39, 0.29) is 39.5 Å². The number of hydrogen-bond acceptors (Lipinski definition) is 7. The molecule has 6 aliphatic carbocycles. The van der Waals surface area contributed by atoms with E-state index in [2.05, 4.69) is 54.9 Å². The minimum absolute atomic E-state index is 0.00234. The summed E-state index contributed by atoms with van der Waals surface area (Å²) in [6, 6.07) is 4.07. The van der Waals surface area contributed by atoms with Crippen LogP contribution in [0.5, 0.6) is 0 Å². The Morgan fingerprint density at radius 2 is 1.79 bits per heavy atom. The molecule has 0 amide bonds. The first kappa shape index (κ1) is 27.6. The zero-order chi connectivity index (χ0) is 29.1. The molecule has 3 saturated carbocycles. The Balaban J connectivity index is 1.23. The van der Waals surface area contributed by atoms with Gasteiger partial charge in [0.2, 0.25) is 0 Å². The maximum Gasteiger partial charge on any atom is 0.199 e. The van der Waals surface area contributed by atoms with E-state index in [1.165, 1.54) is 0 Å². The van der Waals surface area contributed by atoms with Gasteiger partial charge in [-0.2, -0.15) is 0 Å². The van der Waals surface area contributed by atoms with Crippen molar-refractivity contribution in [1.29, 1.82) is 0 Å². The van der Waals surface area contributed by atoms with Crippen LogP contribution in [0, 0.1) is 40.4 Å². The predicted molar refractivity (Wildman–Crippen MR) is 167 cm³/mol. The summed E-state index contributed by atoms with van der Waals surface area (Å²) in [5.41, 5.74) is -0.850. The van der Waals surface area contributed by atoms with Gasteiger partial charge in [0.15, 0.2) is 11.7 Å².